The summed E-state index contributed by atoms with van der Waals surface area (Å²) in [7, 11) is 1.63. The molecule has 0 aromatic carbocycles. The summed E-state index contributed by atoms with van der Waals surface area (Å²) in [5.41, 5.74) is 0. The molecule has 2 amide bonds. The lowest BCUT2D eigenvalue weighted by atomic mass is 10.0. The SMILES string of the molecule is CCCC1NC(=O)CN(C(CCC)COC)C1=O. The lowest BCUT2D eigenvalue weighted by molar-refractivity contribution is -0.148. The number of nitrogens with zero attached hydrogens (tertiary/aromatic N) is 1. The van der Waals surface area contributed by atoms with E-state index in [1.54, 1.807) is 12.0 Å². The third-order valence-electron chi connectivity index (χ3n) is 3.23. The van der Waals surface area contributed by atoms with Crippen LogP contribution < -0.4 is 5.32 Å². The second-order valence-corrected chi connectivity index (χ2v) is 4.77. The molecule has 1 N–H and O–H groups in total. The minimum Gasteiger partial charge on any atom is -0.383 e. The maximum Gasteiger partial charge on any atom is 0.245 e. The Morgan fingerprint density at radius 2 is 2.11 bits per heavy atom. The van der Waals surface area contributed by atoms with Crippen molar-refractivity contribution in [3.8, 4) is 0 Å². The number of carbonyl (C=O) groups is 2. The monoisotopic (exact) mass is 256 g/mol. The van der Waals surface area contributed by atoms with E-state index >= 15 is 0 Å². The van der Waals surface area contributed by atoms with Crippen LogP contribution in [0.4, 0.5) is 0 Å². The van der Waals surface area contributed by atoms with E-state index in [2.05, 4.69) is 12.2 Å². The summed E-state index contributed by atoms with van der Waals surface area (Å²) in [4.78, 5) is 25.7. The number of hydrogen-bond acceptors (Lipinski definition) is 3. The van der Waals surface area contributed by atoms with Gasteiger partial charge in [-0.25, -0.2) is 0 Å². The number of rotatable bonds is 7. The number of nitrogens with one attached hydrogen (secondary N) is 1. The van der Waals surface area contributed by atoms with Gasteiger partial charge in [-0.05, 0) is 12.8 Å². The van der Waals surface area contributed by atoms with Gasteiger partial charge in [0, 0.05) is 7.11 Å². The molecule has 1 aliphatic heterocycles. The molecule has 5 heteroatoms. The zero-order valence-corrected chi connectivity index (χ0v) is 11.6. The summed E-state index contributed by atoms with van der Waals surface area (Å²) in [5, 5.41) is 2.77. The molecule has 0 bridgehead atoms. The Kier molecular flexibility index (Phi) is 6.12. The number of ether oxygens (including phenoxy) is 1. The van der Waals surface area contributed by atoms with Crippen LogP contribution in [0.1, 0.15) is 39.5 Å². The van der Waals surface area contributed by atoms with Crippen LogP contribution >= 0.6 is 0 Å². The van der Waals surface area contributed by atoms with E-state index in [0.717, 1.165) is 19.3 Å². The lowest BCUT2D eigenvalue weighted by Gasteiger charge is -2.37. The van der Waals surface area contributed by atoms with Gasteiger partial charge in [0.05, 0.1) is 19.2 Å². The average molecular weight is 256 g/mol. The van der Waals surface area contributed by atoms with Gasteiger partial charge in [-0.3, -0.25) is 9.59 Å². The number of hydrogen-bond donors (Lipinski definition) is 1. The van der Waals surface area contributed by atoms with E-state index in [1.165, 1.54) is 0 Å². The van der Waals surface area contributed by atoms with Crippen molar-refractivity contribution in [1.29, 1.82) is 0 Å². The molecule has 0 aromatic heterocycles. The van der Waals surface area contributed by atoms with E-state index in [4.69, 9.17) is 4.74 Å². The Hall–Kier alpha value is -1.10. The second kappa shape index (κ2) is 7.36. The van der Waals surface area contributed by atoms with Crippen molar-refractivity contribution in [3.63, 3.8) is 0 Å². The highest BCUT2D eigenvalue weighted by Gasteiger charge is 2.35. The standard InChI is InChI=1S/C13H24N2O3/c1-4-6-10(9-18-3)15-8-12(16)14-11(7-5-2)13(15)17/h10-11H,4-9H2,1-3H3,(H,14,16). The van der Waals surface area contributed by atoms with Crippen molar-refractivity contribution in [1.82, 2.24) is 10.2 Å². The smallest absolute Gasteiger partial charge is 0.245 e. The van der Waals surface area contributed by atoms with Gasteiger partial charge in [0.15, 0.2) is 0 Å². The van der Waals surface area contributed by atoms with Crippen LogP contribution in [0.3, 0.4) is 0 Å². The third-order valence-corrected chi connectivity index (χ3v) is 3.23. The first-order valence-corrected chi connectivity index (χ1v) is 6.72. The quantitative estimate of drug-likeness (QED) is 0.737. The first-order valence-electron chi connectivity index (χ1n) is 6.72. The van der Waals surface area contributed by atoms with E-state index < -0.39 is 0 Å². The van der Waals surface area contributed by atoms with Gasteiger partial charge in [-0.15, -0.1) is 0 Å². The van der Waals surface area contributed by atoms with E-state index in [0.29, 0.717) is 13.0 Å². The molecule has 2 unspecified atom stereocenters. The molecule has 0 spiro atoms. The highest BCUT2D eigenvalue weighted by atomic mass is 16.5. The molecule has 1 fully saturated rings. The summed E-state index contributed by atoms with van der Waals surface area (Å²) >= 11 is 0. The van der Waals surface area contributed by atoms with Crippen molar-refractivity contribution in [2.75, 3.05) is 20.3 Å². The molecule has 0 radical (unpaired) electrons. The molecule has 2 atom stereocenters. The van der Waals surface area contributed by atoms with Crippen LogP contribution in [0.5, 0.6) is 0 Å². The second-order valence-electron chi connectivity index (χ2n) is 4.77. The molecule has 1 saturated heterocycles. The van der Waals surface area contributed by atoms with Gasteiger partial charge in [0.1, 0.15) is 6.04 Å². The van der Waals surface area contributed by atoms with Crippen LogP contribution in [-0.2, 0) is 14.3 Å². The van der Waals surface area contributed by atoms with Crippen LogP contribution in [0.25, 0.3) is 0 Å². The fraction of sp³-hybridized carbons (Fsp3) is 0.846. The number of amides is 2. The summed E-state index contributed by atoms with van der Waals surface area (Å²) in [5.74, 6) is -0.0304. The molecule has 0 saturated carbocycles. The number of piperazine rings is 1. The zero-order chi connectivity index (χ0) is 13.5. The van der Waals surface area contributed by atoms with Crippen molar-refractivity contribution in [2.24, 2.45) is 0 Å². The minimum absolute atomic E-state index is 0.0120. The zero-order valence-electron chi connectivity index (χ0n) is 11.6. The molecule has 0 aromatic rings. The number of carbonyl (C=O) groups excluding carboxylic acids is 2. The Morgan fingerprint density at radius 3 is 2.67 bits per heavy atom. The molecule has 1 aliphatic rings. The van der Waals surface area contributed by atoms with Gasteiger partial charge in [0.25, 0.3) is 0 Å². The maximum atomic E-state index is 12.3. The topological polar surface area (TPSA) is 58.6 Å². The summed E-state index contributed by atoms with van der Waals surface area (Å²) in [6.45, 7) is 4.73. The fourth-order valence-corrected chi connectivity index (χ4v) is 2.38. The predicted molar refractivity (Wildman–Crippen MR) is 69.1 cm³/mol. The highest BCUT2D eigenvalue weighted by molar-refractivity contribution is 5.95. The summed E-state index contributed by atoms with van der Waals surface area (Å²) < 4.78 is 5.16. The molecular formula is C13H24N2O3. The van der Waals surface area contributed by atoms with Gasteiger partial charge >= 0.3 is 0 Å². The normalized spacial score (nSPS) is 21.9. The Labute approximate surface area is 109 Å². The summed E-state index contributed by atoms with van der Waals surface area (Å²) in [6, 6.07) is -0.342. The maximum absolute atomic E-state index is 12.3. The Morgan fingerprint density at radius 1 is 1.39 bits per heavy atom. The van der Waals surface area contributed by atoms with E-state index in [-0.39, 0.29) is 30.4 Å². The Bertz CT molecular complexity index is 288. The Balaban J connectivity index is 2.76. The average Bonchev–Trinajstić information content (AvgIpc) is 2.33. The molecule has 18 heavy (non-hydrogen) atoms. The first-order chi connectivity index (χ1) is 8.63. The third kappa shape index (κ3) is 3.70. The largest absolute Gasteiger partial charge is 0.383 e. The molecule has 104 valence electrons. The van der Waals surface area contributed by atoms with E-state index in [9.17, 15) is 9.59 Å². The molecule has 5 nitrogen and oxygen atoms in total. The van der Waals surface area contributed by atoms with Gasteiger partial charge in [-0.1, -0.05) is 26.7 Å². The van der Waals surface area contributed by atoms with Crippen LogP contribution in [-0.4, -0.2) is 49.1 Å². The van der Waals surface area contributed by atoms with Crippen molar-refractivity contribution in [2.45, 2.75) is 51.6 Å². The van der Waals surface area contributed by atoms with E-state index in [1.807, 2.05) is 6.92 Å². The van der Waals surface area contributed by atoms with Gasteiger partial charge < -0.3 is 15.0 Å². The van der Waals surface area contributed by atoms with Gasteiger partial charge in [0.2, 0.25) is 11.8 Å². The van der Waals surface area contributed by atoms with Gasteiger partial charge in [-0.2, -0.15) is 0 Å². The van der Waals surface area contributed by atoms with Crippen molar-refractivity contribution in [3.05, 3.63) is 0 Å². The van der Waals surface area contributed by atoms with Crippen molar-refractivity contribution >= 4 is 11.8 Å². The molecule has 1 rings (SSSR count). The van der Waals surface area contributed by atoms with Crippen LogP contribution in [0, 0.1) is 0 Å². The predicted octanol–water partition coefficient (Wildman–Crippen LogP) is 0.929. The van der Waals surface area contributed by atoms with Crippen LogP contribution in [0.2, 0.25) is 0 Å². The molecule has 0 aliphatic carbocycles. The highest BCUT2D eigenvalue weighted by Crippen LogP contribution is 2.15. The number of methoxy groups -OCH3 is 1. The van der Waals surface area contributed by atoms with Crippen LogP contribution in [0.15, 0.2) is 0 Å². The molecular weight excluding hydrogens is 232 g/mol. The summed E-state index contributed by atoms with van der Waals surface area (Å²) in [6.07, 6.45) is 3.42. The minimum atomic E-state index is -0.354. The first kappa shape index (κ1) is 15.0. The fourth-order valence-electron chi connectivity index (χ4n) is 2.38. The molecule has 1 heterocycles. The van der Waals surface area contributed by atoms with Crippen molar-refractivity contribution < 1.29 is 14.3 Å². The lowest BCUT2D eigenvalue weighted by Crippen LogP contribution is -2.61.